The van der Waals surface area contributed by atoms with Gasteiger partial charge >= 0.3 is 0 Å². The third-order valence-corrected chi connectivity index (χ3v) is 2.01. The van der Waals surface area contributed by atoms with Gasteiger partial charge in [-0.25, -0.2) is 0 Å². The lowest BCUT2D eigenvalue weighted by atomic mass is 9.93. The zero-order valence-corrected chi connectivity index (χ0v) is 6.44. The number of hydrogen-bond donors (Lipinski definition) is 2. The van der Waals surface area contributed by atoms with Crippen LogP contribution in [0, 0.1) is 0 Å². The van der Waals surface area contributed by atoms with Gasteiger partial charge in [0.25, 0.3) is 0 Å². The van der Waals surface area contributed by atoms with Gasteiger partial charge < -0.3 is 10.2 Å². The monoisotopic (exact) mass is 163 g/mol. The lowest BCUT2D eigenvalue weighted by Crippen LogP contribution is -2.19. The zero-order valence-electron chi connectivity index (χ0n) is 7.44. The fourth-order valence-electron chi connectivity index (χ4n) is 1.34. The molecule has 0 fully saturated rings. The molecule has 1 aromatic carbocycles. The highest BCUT2D eigenvalue weighted by atomic mass is 16.3. The summed E-state index contributed by atoms with van der Waals surface area (Å²) in [5.41, 5.74) is 1.32. The minimum atomic E-state index is -0.956. The number of hydrogen-bond acceptors (Lipinski definition) is 2. The van der Waals surface area contributed by atoms with E-state index in [-0.39, 0.29) is 6.05 Å². The van der Waals surface area contributed by atoms with Gasteiger partial charge in [-0.1, -0.05) is 36.4 Å². The first kappa shape index (κ1) is 6.40. The van der Waals surface area contributed by atoms with Crippen LogP contribution < -0.4 is 0 Å². The average Bonchev–Trinajstić information content (AvgIpc) is 2.15. The maximum atomic E-state index is 9.57. The van der Waals surface area contributed by atoms with Crippen LogP contribution in [0.25, 0.3) is 6.05 Å². The summed E-state index contributed by atoms with van der Waals surface area (Å²) in [5.74, 6) is 0. The van der Waals surface area contributed by atoms with Gasteiger partial charge in [0.05, 0.1) is 1.37 Å². The highest BCUT2D eigenvalue weighted by Gasteiger charge is 2.20. The Kier molecular flexibility index (Phi) is 1.46. The summed E-state index contributed by atoms with van der Waals surface area (Å²) < 4.78 is 7.56. The molecule has 0 aromatic heterocycles. The molecule has 2 nitrogen and oxygen atoms in total. The van der Waals surface area contributed by atoms with E-state index in [4.69, 9.17) is 1.37 Å². The van der Waals surface area contributed by atoms with Crippen molar-refractivity contribution in [2.24, 2.45) is 0 Å². The predicted octanol–water partition coefficient (Wildman–Crippen LogP) is 1.11. The number of aliphatic hydroxyl groups excluding tert-OH is 2. The number of aliphatic hydroxyl groups is 2. The molecule has 0 amide bonds. The van der Waals surface area contributed by atoms with Crippen LogP contribution in [-0.2, 0) is 0 Å². The lowest BCUT2D eigenvalue weighted by molar-refractivity contribution is 0.0470. The predicted molar refractivity (Wildman–Crippen MR) is 46.4 cm³/mol. The Morgan fingerprint density at radius 1 is 1.25 bits per heavy atom. The normalized spacial score (nSPS) is 28.8. The standard InChI is InChI=1S/C10H10O2/c11-9-6-5-7-3-1-2-4-8(7)10(9)12/h1-6,9-12H/t9-,10+/m0/s1/i5D. The highest BCUT2D eigenvalue weighted by molar-refractivity contribution is 5.58. The molecule has 1 aromatic rings. The molecule has 2 heteroatoms. The molecule has 12 heavy (non-hydrogen) atoms. The van der Waals surface area contributed by atoms with Crippen molar-refractivity contribution in [2.75, 3.05) is 0 Å². The van der Waals surface area contributed by atoms with Crippen molar-refractivity contribution >= 4 is 6.05 Å². The Bertz CT molecular complexity index is 360. The number of benzene rings is 1. The van der Waals surface area contributed by atoms with E-state index in [1.54, 1.807) is 18.2 Å². The summed E-state index contributed by atoms with van der Waals surface area (Å²) in [5, 5.41) is 18.9. The van der Waals surface area contributed by atoms with Crippen LogP contribution in [0.5, 0.6) is 0 Å². The summed E-state index contributed by atoms with van der Waals surface area (Å²) in [7, 11) is 0. The zero-order chi connectivity index (χ0) is 9.42. The highest BCUT2D eigenvalue weighted by Crippen LogP contribution is 2.27. The summed E-state index contributed by atoms with van der Waals surface area (Å²) >= 11 is 0. The van der Waals surface area contributed by atoms with Gasteiger partial charge in [0.1, 0.15) is 12.2 Å². The summed E-state index contributed by atoms with van der Waals surface area (Å²) in [4.78, 5) is 0. The Morgan fingerprint density at radius 2 is 2.00 bits per heavy atom. The molecule has 2 N–H and O–H groups in total. The van der Waals surface area contributed by atoms with Crippen LogP contribution >= 0.6 is 0 Å². The molecule has 0 saturated carbocycles. The van der Waals surface area contributed by atoms with Crippen molar-refractivity contribution in [3.05, 3.63) is 41.5 Å². The first-order valence-corrected chi connectivity index (χ1v) is 3.84. The van der Waals surface area contributed by atoms with E-state index in [1.807, 2.05) is 6.07 Å². The number of fused-ring (bicyclic) bond motifs is 1. The lowest BCUT2D eigenvalue weighted by Gasteiger charge is -2.21. The van der Waals surface area contributed by atoms with E-state index < -0.39 is 12.2 Å². The molecule has 0 aliphatic heterocycles. The summed E-state index contributed by atoms with van der Waals surface area (Å²) in [6.07, 6.45) is -0.500. The minimum Gasteiger partial charge on any atom is -0.386 e. The quantitative estimate of drug-likeness (QED) is 0.601. The second-order valence-corrected chi connectivity index (χ2v) is 2.83. The van der Waals surface area contributed by atoms with Crippen LogP contribution in [0.2, 0.25) is 0 Å². The molecule has 1 aliphatic rings. The van der Waals surface area contributed by atoms with Crippen LogP contribution in [0.15, 0.2) is 30.3 Å². The van der Waals surface area contributed by atoms with E-state index in [9.17, 15) is 10.2 Å². The molecule has 0 spiro atoms. The van der Waals surface area contributed by atoms with Gasteiger partial charge in [-0.3, -0.25) is 0 Å². The Morgan fingerprint density at radius 3 is 2.83 bits per heavy atom. The average molecular weight is 163 g/mol. The molecule has 0 radical (unpaired) electrons. The van der Waals surface area contributed by atoms with E-state index in [0.717, 1.165) is 0 Å². The van der Waals surface area contributed by atoms with Crippen molar-refractivity contribution in [3.63, 3.8) is 0 Å². The SMILES string of the molecule is [2H]C1=C[C@H](O)[C@H](O)c2ccccc21. The molecule has 2 atom stereocenters. The van der Waals surface area contributed by atoms with Gasteiger partial charge in [-0.05, 0) is 11.1 Å². The molecular formula is C10H10O2. The molecular weight excluding hydrogens is 152 g/mol. The van der Waals surface area contributed by atoms with Gasteiger partial charge in [-0.2, -0.15) is 0 Å². The van der Waals surface area contributed by atoms with Gasteiger partial charge in [0, 0.05) is 0 Å². The van der Waals surface area contributed by atoms with Gasteiger partial charge in [-0.15, -0.1) is 0 Å². The van der Waals surface area contributed by atoms with E-state index in [1.165, 1.54) is 6.08 Å². The summed E-state index contributed by atoms with van der Waals surface area (Å²) in [6, 6.07) is 7.36. The molecule has 1 aliphatic carbocycles. The van der Waals surface area contributed by atoms with Crippen LogP contribution in [-0.4, -0.2) is 16.3 Å². The third kappa shape index (κ3) is 1.05. The van der Waals surface area contributed by atoms with Gasteiger partial charge in [0.15, 0.2) is 0 Å². The van der Waals surface area contributed by atoms with Crippen LogP contribution in [0.4, 0.5) is 0 Å². The molecule has 0 heterocycles. The first-order chi connectivity index (χ1) is 6.20. The number of rotatable bonds is 0. The molecule has 2 rings (SSSR count). The van der Waals surface area contributed by atoms with Crippen molar-refractivity contribution in [3.8, 4) is 0 Å². The van der Waals surface area contributed by atoms with Crippen molar-refractivity contribution in [2.45, 2.75) is 12.2 Å². The van der Waals surface area contributed by atoms with E-state index in [2.05, 4.69) is 0 Å². The topological polar surface area (TPSA) is 40.5 Å². The second kappa shape index (κ2) is 2.73. The van der Waals surface area contributed by atoms with E-state index >= 15 is 0 Å². The van der Waals surface area contributed by atoms with Crippen LogP contribution in [0.3, 0.4) is 0 Å². The Hall–Kier alpha value is -1.12. The first-order valence-electron chi connectivity index (χ1n) is 4.34. The fraction of sp³-hybridized carbons (Fsp3) is 0.200. The Labute approximate surface area is 72.2 Å². The molecule has 0 bridgehead atoms. The van der Waals surface area contributed by atoms with E-state index in [0.29, 0.717) is 11.1 Å². The fourth-order valence-corrected chi connectivity index (χ4v) is 1.34. The maximum absolute atomic E-state index is 9.57. The Balaban J connectivity index is 2.58. The molecule has 62 valence electrons. The van der Waals surface area contributed by atoms with Crippen LogP contribution in [0.1, 0.15) is 18.6 Å². The van der Waals surface area contributed by atoms with Gasteiger partial charge in [0.2, 0.25) is 0 Å². The second-order valence-electron chi connectivity index (χ2n) is 2.83. The van der Waals surface area contributed by atoms with Crippen molar-refractivity contribution < 1.29 is 11.6 Å². The smallest absolute Gasteiger partial charge is 0.109 e. The third-order valence-electron chi connectivity index (χ3n) is 2.01. The van der Waals surface area contributed by atoms with Crippen molar-refractivity contribution in [1.82, 2.24) is 0 Å². The molecule has 0 saturated heterocycles. The largest absolute Gasteiger partial charge is 0.386 e. The maximum Gasteiger partial charge on any atom is 0.109 e. The summed E-state index contributed by atoms with van der Waals surface area (Å²) in [6.45, 7) is 0. The molecule has 0 unspecified atom stereocenters. The minimum absolute atomic E-state index is 0.272. The van der Waals surface area contributed by atoms with Crippen molar-refractivity contribution in [1.29, 1.82) is 0 Å².